The number of nitrogens with one attached hydrogen (secondary N) is 3. The van der Waals surface area contributed by atoms with Crippen LogP contribution in [0, 0.1) is 5.82 Å². The Morgan fingerprint density at radius 3 is 2.53 bits per heavy atom. The lowest BCUT2D eigenvalue weighted by molar-refractivity contribution is 0.0526. The van der Waals surface area contributed by atoms with Crippen LogP contribution in [0.25, 0.3) is 10.8 Å². The summed E-state index contributed by atoms with van der Waals surface area (Å²) in [5.74, 6) is -0.590. The lowest BCUT2D eigenvalue weighted by Gasteiger charge is -2.30. The highest BCUT2D eigenvalue weighted by Crippen LogP contribution is 2.27. The van der Waals surface area contributed by atoms with Gasteiger partial charge in [0.1, 0.15) is 11.4 Å². The fraction of sp³-hybridized carbons (Fsp3) is 0.346. The van der Waals surface area contributed by atoms with Gasteiger partial charge in [0.25, 0.3) is 5.56 Å². The van der Waals surface area contributed by atoms with Crippen molar-refractivity contribution < 1.29 is 18.7 Å². The summed E-state index contributed by atoms with van der Waals surface area (Å²) in [6.07, 6.45) is 1.49. The zero-order valence-electron chi connectivity index (χ0n) is 20.7. The molecule has 36 heavy (non-hydrogen) atoms. The Bertz CT molecular complexity index is 1310. The fourth-order valence-corrected chi connectivity index (χ4v) is 3.92. The van der Waals surface area contributed by atoms with E-state index in [1.165, 1.54) is 18.2 Å². The second-order valence-electron chi connectivity index (χ2n) is 9.33. The summed E-state index contributed by atoms with van der Waals surface area (Å²) in [7, 11) is 0. The van der Waals surface area contributed by atoms with E-state index >= 15 is 0 Å². The van der Waals surface area contributed by atoms with Gasteiger partial charge >= 0.3 is 12.1 Å². The highest BCUT2D eigenvalue weighted by atomic mass is 35.5. The van der Waals surface area contributed by atoms with Crippen molar-refractivity contribution in [1.82, 2.24) is 15.2 Å². The Kier molecular flexibility index (Phi) is 8.57. The molecule has 3 N–H and O–H groups in total. The number of anilines is 1. The molecule has 0 spiro atoms. The molecule has 2 aromatic carbocycles. The number of H-pyrrole nitrogens is 1. The molecule has 0 fully saturated rings. The van der Waals surface area contributed by atoms with E-state index in [9.17, 15) is 18.8 Å². The fourth-order valence-electron chi connectivity index (χ4n) is 3.74. The Morgan fingerprint density at radius 1 is 1.17 bits per heavy atom. The second-order valence-corrected chi connectivity index (χ2v) is 9.74. The second kappa shape index (κ2) is 11.4. The maximum Gasteiger partial charge on any atom is 0.407 e. The smallest absolute Gasteiger partial charge is 0.407 e. The normalized spacial score (nSPS) is 12.2. The molecule has 0 unspecified atom stereocenters. The van der Waals surface area contributed by atoms with Gasteiger partial charge in [-0.3, -0.25) is 4.79 Å². The van der Waals surface area contributed by atoms with Crippen LogP contribution in [0.2, 0.25) is 5.02 Å². The monoisotopic (exact) mass is 516 g/mol. The molecule has 1 aromatic heterocycles. The number of amides is 3. The summed E-state index contributed by atoms with van der Waals surface area (Å²) in [4.78, 5) is 41.9. The van der Waals surface area contributed by atoms with Gasteiger partial charge in [-0.1, -0.05) is 29.8 Å². The van der Waals surface area contributed by atoms with Crippen molar-refractivity contribution in [3.05, 3.63) is 75.4 Å². The largest absolute Gasteiger partial charge is 0.444 e. The third-order valence-electron chi connectivity index (χ3n) is 5.43. The van der Waals surface area contributed by atoms with Crippen LogP contribution in [0.1, 0.15) is 45.7 Å². The molecule has 1 heterocycles. The number of nitrogens with zero attached hydrogens (tertiary/aromatic N) is 1. The van der Waals surface area contributed by atoms with Crippen molar-refractivity contribution in [3.8, 4) is 0 Å². The molecule has 3 rings (SSSR count). The van der Waals surface area contributed by atoms with E-state index in [1.807, 2.05) is 19.1 Å². The molecule has 0 aliphatic rings. The number of carbonyl (C=O) groups excluding carboxylic acids is 2. The number of halogens is 2. The van der Waals surface area contributed by atoms with Crippen LogP contribution in [0.5, 0.6) is 0 Å². The summed E-state index contributed by atoms with van der Waals surface area (Å²) < 4.78 is 18.8. The summed E-state index contributed by atoms with van der Waals surface area (Å²) in [5, 5.41) is 6.57. The van der Waals surface area contributed by atoms with Gasteiger partial charge in [0.2, 0.25) is 0 Å². The van der Waals surface area contributed by atoms with Crippen molar-refractivity contribution in [2.45, 2.75) is 45.8 Å². The third-order valence-corrected chi connectivity index (χ3v) is 5.72. The first-order chi connectivity index (χ1) is 17.0. The number of rotatable bonds is 7. The molecule has 0 radical (unpaired) electrons. The number of hydrogen-bond donors (Lipinski definition) is 3. The van der Waals surface area contributed by atoms with Gasteiger partial charge in [-0.05, 0) is 69.3 Å². The van der Waals surface area contributed by atoms with Gasteiger partial charge in [-0.15, -0.1) is 0 Å². The highest BCUT2D eigenvalue weighted by Gasteiger charge is 2.24. The quantitative estimate of drug-likeness (QED) is 0.344. The van der Waals surface area contributed by atoms with Gasteiger partial charge in [-0.2, -0.15) is 0 Å². The minimum Gasteiger partial charge on any atom is -0.444 e. The average Bonchev–Trinajstić information content (AvgIpc) is 2.80. The predicted octanol–water partition coefficient (Wildman–Crippen LogP) is 5.83. The highest BCUT2D eigenvalue weighted by molar-refractivity contribution is 6.31. The maximum absolute atomic E-state index is 13.6. The van der Waals surface area contributed by atoms with Crippen LogP contribution in [-0.4, -0.2) is 40.7 Å². The Hall–Kier alpha value is -3.59. The Morgan fingerprint density at radius 2 is 1.86 bits per heavy atom. The van der Waals surface area contributed by atoms with Crippen molar-refractivity contribution in [2.75, 3.05) is 18.4 Å². The number of hydrogen-bond acceptors (Lipinski definition) is 4. The van der Waals surface area contributed by atoms with Crippen molar-refractivity contribution >= 4 is 40.2 Å². The molecular weight excluding hydrogens is 487 g/mol. The molecule has 3 aromatic rings. The molecule has 0 bridgehead atoms. The number of alkyl carbamates (subject to hydrolysis) is 1. The zero-order chi connectivity index (χ0) is 26.5. The molecular formula is C26H30ClFN4O4. The van der Waals surface area contributed by atoms with Crippen LogP contribution in [0.4, 0.5) is 19.7 Å². The van der Waals surface area contributed by atoms with Gasteiger partial charge in [0, 0.05) is 30.4 Å². The van der Waals surface area contributed by atoms with Gasteiger partial charge in [0.05, 0.1) is 11.1 Å². The number of pyridine rings is 1. The van der Waals surface area contributed by atoms with Crippen molar-refractivity contribution in [2.24, 2.45) is 0 Å². The van der Waals surface area contributed by atoms with E-state index in [-0.39, 0.29) is 23.7 Å². The number of urea groups is 1. The number of carbonyl (C=O) groups is 2. The number of benzene rings is 2. The minimum atomic E-state index is -0.619. The minimum absolute atomic E-state index is 0.111. The topological polar surface area (TPSA) is 104 Å². The molecule has 0 saturated carbocycles. The number of aromatic nitrogens is 1. The Labute approximate surface area is 213 Å². The van der Waals surface area contributed by atoms with Crippen LogP contribution >= 0.6 is 11.6 Å². The molecule has 3 amide bonds. The molecule has 1 atom stereocenters. The van der Waals surface area contributed by atoms with Crippen LogP contribution in [0.15, 0.2) is 53.5 Å². The van der Waals surface area contributed by atoms with Gasteiger partial charge < -0.3 is 25.3 Å². The van der Waals surface area contributed by atoms with E-state index in [0.717, 1.165) is 10.9 Å². The van der Waals surface area contributed by atoms with Crippen LogP contribution in [0.3, 0.4) is 0 Å². The van der Waals surface area contributed by atoms with E-state index in [2.05, 4.69) is 15.6 Å². The SMILES string of the molecule is C[C@H](c1c[nH]c(=O)c2ccccc12)N(CCCNC(=O)OC(C)(C)C)C(=O)Nc1ccc(F)c(Cl)c1. The number of aromatic amines is 1. The molecule has 192 valence electrons. The summed E-state index contributed by atoms with van der Waals surface area (Å²) >= 11 is 5.87. The van der Waals surface area contributed by atoms with Gasteiger partial charge in [-0.25, -0.2) is 14.0 Å². The zero-order valence-corrected chi connectivity index (χ0v) is 21.4. The molecule has 0 aliphatic carbocycles. The summed E-state index contributed by atoms with van der Waals surface area (Å²) in [6.45, 7) is 7.72. The number of fused-ring (bicyclic) bond motifs is 1. The standard InChI is InChI=1S/C26H30ClFN4O4/c1-16(20-15-30-23(33)19-9-6-5-8-18(19)20)32(13-7-12-29-25(35)36-26(2,3)4)24(34)31-17-10-11-22(28)21(27)14-17/h5-6,8-11,14-16H,7,12-13H2,1-4H3,(H,29,35)(H,30,33)(H,31,34)/t16-/m1/s1. The molecule has 10 heteroatoms. The lowest BCUT2D eigenvalue weighted by Crippen LogP contribution is -2.40. The van der Waals surface area contributed by atoms with E-state index < -0.39 is 29.6 Å². The third kappa shape index (κ3) is 6.97. The first-order valence-corrected chi connectivity index (χ1v) is 11.9. The van der Waals surface area contributed by atoms with Crippen LogP contribution < -0.4 is 16.2 Å². The van der Waals surface area contributed by atoms with Crippen molar-refractivity contribution in [1.29, 1.82) is 0 Å². The maximum atomic E-state index is 13.6. The van der Waals surface area contributed by atoms with E-state index in [4.69, 9.17) is 16.3 Å². The van der Waals surface area contributed by atoms with E-state index in [1.54, 1.807) is 44.0 Å². The van der Waals surface area contributed by atoms with Crippen molar-refractivity contribution in [3.63, 3.8) is 0 Å². The summed E-state index contributed by atoms with van der Waals surface area (Å²) in [6, 6.07) is 10.2. The lowest BCUT2D eigenvalue weighted by atomic mass is 10.0. The molecule has 0 aliphatic heterocycles. The van der Waals surface area contributed by atoms with Crippen LogP contribution in [-0.2, 0) is 4.74 Å². The first kappa shape index (κ1) is 27.0. The predicted molar refractivity (Wildman–Crippen MR) is 139 cm³/mol. The average molecular weight is 517 g/mol. The Balaban J connectivity index is 1.82. The number of ether oxygens (including phenoxy) is 1. The summed E-state index contributed by atoms with van der Waals surface area (Å²) in [5.41, 5.74) is 0.242. The van der Waals surface area contributed by atoms with Gasteiger partial charge in [0.15, 0.2) is 0 Å². The molecule has 8 nitrogen and oxygen atoms in total. The first-order valence-electron chi connectivity index (χ1n) is 11.6. The molecule has 0 saturated heterocycles. The van der Waals surface area contributed by atoms with E-state index in [0.29, 0.717) is 17.5 Å².